The third-order valence-corrected chi connectivity index (χ3v) is 5.73. The van der Waals surface area contributed by atoms with Crippen LogP contribution in [0.15, 0.2) is 59.9 Å². The Morgan fingerprint density at radius 2 is 1.89 bits per heavy atom. The van der Waals surface area contributed by atoms with Crippen LogP contribution in [0.5, 0.6) is 0 Å². The van der Waals surface area contributed by atoms with Crippen molar-refractivity contribution in [1.29, 1.82) is 0 Å². The molecule has 4 rings (SSSR count). The van der Waals surface area contributed by atoms with E-state index in [1.165, 1.54) is 12.1 Å². The number of fused-ring (bicyclic) bond motifs is 1. The number of nitrogens with zero attached hydrogens (tertiary/aromatic N) is 3. The van der Waals surface area contributed by atoms with E-state index in [1.807, 2.05) is 13.0 Å². The fourth-order valence-corrected chi connectivity index (χ4v) is 4.01. The molecule has 0 aliphatic heterocycles. The highest BCUT2D eigenvalue weighted by Gasteiger charge is 2.17. The molecule has 0 aliphatic carbocycles. The summed E-state index contributed by atoms with van der Waals surface area (Å²) < 4.78 is 27.7. The van der Waals surface area contributed by atoms with E-state index in [0.29, 0.717) is 11.2 Å². The fourth-order valence-electron chi connectivity index (χ4n) is 2.72. The van der Waals surface area contributed by atoms with Gasteiger partial charge in [-0.05, 0) is 31.2 Å². The molecule has 3 aromatic heterocycles. The normalized spacial score (nSPS) is 11.6. The zero-order valence-electron chi connectivity index (χ0n) is 14.1. The van der Waals surface area contributed by atoms with Crippen LogP contribution in [0, 0.1) is 6.92 Å². The number of aromatic amines is 1. The molecule has 0 radical (unpaired) electrons. The lowest BCUT2D eigenvalue weighted by Crippen LogP contribution is -2.13. The van der Waals surface area contributed by atoms with Gasteiger partial charge in [-0.3, -0.25) is 4.72 Å². The number of pyridine rings is 2. The number of hydrogen-bond donors (Lipinski definition) is 2. The largest absolute Gasteiger partial charge is 0.343 e. The van der Waals surface area contributed by atoms with Crippen molar-refractivity contribution in [2.45, 2.75) is 11.8 Å². The van der Waals surface area contributed by atoms with Crippen molar-refractivity contribution in [2.75, 3.05) is 4.72 Å². The molecule has 0 bridgehead atoms. The third-order valence-electron chi connectivity index (χ3n) is 4.05. The predicted molar refractivity (Wildman–Crippen MR) is 104 cm³/mol. The second-order valence-electron chi connectivity index (χ2n) is 5.88. The van der Waals surface area contributed by atoms with Gasteiger partial charge in [0.25, 0.3) is 10.0 Å². The Kier molecular flexibility index (Phi) is 4.29. The van der Waals surface area contributed by atoms with E-state index in [2.05, 4.69) is 24.7 Å². The zero-order chi connectivity index (χ0) is 19.0. The van der Waals surface area contributed by atoms with Crippen molar-refractivity contribution in [3.8, 4) is 11.1 Å². The highest BCUT2D eigenvalue weighted by atomic mass is 35.5. The van der Waals surface area contributed by atoms with Crippen LogP contribution in [0.2, 0.25) is 5.15 Å². The molecule has 27 heavy (non-hydrogen) atoms. The van der Waals surface area contributed by atoms with Crippen molar-refractivity contribution in [1.82, 2.24) is 19.9 Å². The Morgan fingerprint density at radius 3 is 2.67 bits per heavy atom. The van der Waals surface area contributed by atoms with Crippen LogP contribution in [0.4, 0.5) is 5.69 Å². The van der Waals surface area contributed by atoms with E-state index in [4.69, 9.17) is 11.6 Å². The van der Waals surface area contributed by atoms with Crippen LogP contribution < -0.4 is 4.72 Å². The summed E-state index contributed by atoms with van der Waals surface area (Å²) in [6.45, 7) is 1.85. The smallest absolute Gasteiger partial charge is 0.261 e. The van der Waals surface area contributed by atoms with Gasteiger partial charge in [-0.1, -0.05) is 29.8 Å². The van der Waals surface area contributed by atoms with Gasteiger partial charge in [0, 0.05) is 23.0 Å². The van der Waals surface area contributed by atoms with Crippen LogP contribution in [0.1, 0.15) is 5.69 Å². The second-order valence-corrected chi connectivity index (χ2v) is 7.92. The number of benzene rings is 1. The van der Waals surface area contributed by atoms with Crippen LogP contribution in [0.25, 0.3) is 22.3 Å². The molecule has 0 spiro atoms. The van der Waals surface area contributed by atoms with Crippen LogP contribution in [-0.4, -0.2) is 28.4 Å². The molecule has 136 valence electrons. The summed E-state index contributed by atoms with van der Waals surface area (Å²) in [5.74, 6) is 0. The van der Waals surface area contributed by atoms with Gasteiger partial charge in [0.15, 0.2) is 10.8 Å². The Hall–Kier alpha value is -2.97. The summed E-state index contributed by atoms with van der Waals surface area (Å²) >= 11 is 6.12. The summed E-state index contributed by atoms with van der Waals surface area (Å²) in [5, 5.41) is 0.0616. The van der Waals surface area contributed by atoms with E-state index in [-0.39, 0.29) is 15.7 Å². The van der Waals surface area contributed by atoms with Crippen molar-refractivity contribution < 1.29 is 8.42 Å². The van der Waals surface area contributed by atoms with Crippen LogP contribution in [-0.2, 0) is 10.0 Å². The van der Waals surface area contributed by atoms with Gasteiger partial charge in [-0.15, -0.1) is 0 Å². The Bertz CT molecular complexity index is 1240. The first-order valence-corrected chi connectivity index (χ1v) is 9.85. The fraction of sp³-hybridized carbons (Fsp3) is 0.0556. The van der Waals surface area contributed by atoms with Crippen LogP contribution in [0.3, 0.4) is 0 Å². The molecule has 0 amide bonds. The lowest BCUT2D eigenvalue weighted by molar-refractivity contribution is 0.601. The minimum Gasteiger partial charge on any atom is -0.343 e. The van der Waals surface area contributed by atoms with E-state index in [1.54, 1.807) is 36.8 Å². The van der Waals surface area contributed by atoms with Gasteiger partial charge >= 0.3 is 0 Å². The van der Waals surface area contributed by atoms with Gasteiger partial charge in [-0.25, -0.2) is 23.4 Å². The van der Waals surface area contributed by atoms with E-state index in [9.17, 15) is 8.42 Å². The molecule has 3 heterocycles. The number of hydrogen-bond acceptors (Lipinski definition) is 5. The Morgan fingerprint density at radius 1 is 1.11 bits per heavy atom. The van der Waals surface area contributed by atoms with Gasteiger partial charge in [0.05, 0.1) is 22.4 Å². The number of H-pyrrole nitrogens is 1. The highest BCUT2D eigenvalue weighted by Crippen LogP contribution is 2.30. The van der Waals surface area contributed by atoms with Crippen molar-refractivity contribution in [3.63, 3.8) is 0 Å². The molecular weight excluding hydrogens is 386 g/mol. The second kappa shape index (κ2) is 6.64. The summed E-state index contributed by atoms with van der Waals surface area (Å²) in [5.41, 5.74) is 3.82. The lowest BCUT2D eigenvalue weighted by atomic mass is 10.1. The molecule has 0 aliphatic rings. The topological polar surface area (TPSA) is 101 Å². The summed E-state index contributed by atoms with van der Waals surface area (Å²) in [6, 6.07) is 11.6. The molecule has 0 saturated carbocycles. The van der Waals surface area contributed by atoms with Crippen molar-refractivity contribution >= 4 is 38.5 Å². The zero-order valence-corrected chi connectivity index (χ0v) is 15.7. The molecule has 4 aromatic rings. The number of halogens is 1. The number of aryl methyl sites for hydroxylation is 1. The van der Waals surface area contributed by atoms with Gasteiger partial charge in [-0.2, -0.15) is 0 Å². The van der Waals surface area contributed by atoms with E-state index in [0.717, 1.165) is 16.8 Å². The molecule has 0 unspecified atom stereocenters. The van der Waals surface area contributed by atoms with Gasteiger partial charge in [0.1, 0.15) is 0 Å². The number of imidazole rings is 1. The predicted octanol–water partition coefficient (Wildman–Crippen LogP) is 3.78. The Balaban J connectivity index is 1.76. The summed E-state index contributed by atoms with van der Waals surface area (Å²) in [6.07, 6.45) is 3.15. The monoisotopic (exact) mass is 399 g/mol. The summed E-state index contributed by atoms with van der Waals surface area (Å²) in [4.78, 5) is 15.9. The number of nitrogens with one attached hydrogen (secondary N) is 2. The SMILES string of the molecule is Cc1nc2nc[nH]c2cc1-c1cnc(Cl)c(NS(=O)(=O)c2ccccc2)c1. The maximum atomic E-state index is 12.6. The molecule has 0 fully saturated rings. The third kappa shape index (κ3) is 3.36. The van der Waals surface area contributed by atoms with E-state index < -0.39 is 10.0 Å². The number of rotatable bonds is 4. The molecule has 0 atom stereocenters. The minimum absolute atomic E-state index is 0.0616. The maximum Gasteiger partial charge on any atom is 0.261 e. The molecule has 7 nitrogen and oxygen atoms in total. The van der Waals surface area contributed by atoms with Crippen molar-refractivity contribution in [3.05, 3.63) is 65.8 Å². The first kappa shape index (κ1) is 17.4. The lowest BCUT2D eigenvalue weighted by Gasteiger charge is -2.12. The average molecular weight is 400 g/mol. The van der Waals surface area contributed by atoms with Crippen LogP contribution >= 0.6 is 11.6 Å². The number of aromatic nitrogens is 4. The van der Waals surface area contributed by atoms with Crippen molar-refractivity contribution in [2.24, 2.45) is 0 Å². The molecular formula is C18H14ClN5O2S. The quantitative estimate of drug-likeness (QED) is 0.508. The minimum atomic E-state index is -3.78. The number of anilines is 1. The van der Waals surface area contributed by atoms with Gasteiger partial charge < -0.3 is 4.98 Å². The van der Waals surface area contributed by atoms with E-state index >= 15 is 0 Å². The van der Waals surface area contributed by atoms with Gasteiger partial charge in [0.2, 0.25) is 0 Å². The molecule has 9 heteroatoms. The molecule has 2 N–H and O–H groups in total. The standard InChI is InChI=1S/C18H14ClN5O2S/c1-11-14(8-16-18(23-11)22-10-21-16)12-7-15(17(19)20-9-12)24-27(25,26)13-5-3-2-4-6-13/h2-10,24H,1H3,(H,21,22,23). The molecule has 0 saturated heterocycles. The first-order valence-electron chi connectivity index (χ1n) is 7.98. The highest BCUT2D eigenvalue weighted by molar-refractivity contribution is 7.92. The summed E-state index contributed by atoms with van der Waals surface area (Å²) in [7, 11) is -3.78. The Labute approximate surface area is 160 Å². The first-order chi connectivity index (χ1) is 12.9. The average Bonchev–Trinajstić information content (AvgIpc) is 3.11. The molecule has 1 aromatic carbocycles. The number of sulfonamides is 1. The maximum absolute atomic E-state index is 12.6.